The van der Waals surface area contributed by atoms with E-state index in [2.05, 4.69) is 0 Å². The van der Waals surface area contributed by atoms with E-state index in [1.807, 2.05) is 18.2 Å². The van der Waals surface area contributed by atoms with Gasteiger partial charge in [-0.15, -0.1) is 0 Å². The molecule has 1 aromatic carbocycles. The predicted octanol–water partition coefficient (Wildman–Crippen LogP) is 1.48. The first-order chi connectivity index (χ1) is 7.35. The SMILES string of the molecule is COc1cccc(OC)c1OC[C@@H]1CO1. The second-order valence-electron chi connectivity index (χ2n) is 3.26. The van der Waals surface area contributed by atoms with Gasteiger partial charge >= 0.3 is 0 Å². The Labute approximate surface area is 88.7 Å². The normalized spacial score (nSPS) is 18.4. The van der Waals surface area contributed by atoms with E-state index in [-0.39, 0.29) is 6.10 Å². The molecule has 1 aromatic rings. The van der Waals surface area contributed by atoms with E-state index in [0.717, 1.165) is 6.61 Å². The summed E-state index contributed by atoms with van der Waals surface area (Å²) in [4.78, 5) is 0. The van der Waals surface area contributed by atoms with Crippen molar-refractivity contribution < 1.29 is 18.9 Å². The Bertz CT molecular complexity index is 311. The quantitative estimate of drug-likeness (QED) is 0.690. The first kappa shape index (κ1) is 10.1. The predicted molar refractivity (Wildman–Crippen MR) is 54.8 cm³/mol. The van der Waals surface area contributed by atoms with E-state index in [4.69, 9.17) is 18.9 Å². The summed E-state index contributed by atoms with van der Waals surface area (Å²) in [6, 6.07) is 5.54. The van der Waals surface area contributed by atoms with Gasteiger partial charge in [-0.1, -0.05) is 6.07 Å². The molecule has 0 radical (unpaired) electrons. The summed E-state index contributed by atoms with van der Waals surface area (Å²) in [5, 5.41) is 0. The fourth-order valence-electron chi connectivity index (χ4n) is 1.30. The molecule has 0 spiro atoms. The third-order valence-electron chi connectivity index (χ3n) is 2.20. The minimum atomic E-state index is 0.222. The zero-order valence-corrected chi connectivity index (χ0v) is 8.86. The molecule has 0 bridgehead atoms. The smallest absolute Gasteiger partial charge is 0.203 e. The van der Waals surface area contributed by atoms with Crippen molar-refractivity contribution in [1.29, 1.82) is 0 Å². The van der Waals surface area contributed by atoms with E-state index in [1.165, 1.54) is 0 Å². The second-order valence-corrected chi connectivity index (χ2v) is 3.26. The van der Waals surface area contributed by atoms with Crippen molar-refractivity contribution in [2.24, 2.45) is 0 Å². The van der Waals surface area contributed by atoms with Crippen molar-refractivity contribution in [1.82, 2.24) is 0 Å². The monoisotopic (exact) mass is 210 g/mol. The first-order valence-corrected chi connectivity index (χ1v) is 4.80. The number of benzene rings is 1. The van der Waals surface area contributed by atoms with Crippen molar-refractivity contribution in [3.63, 3.8) is 0 Å². The van der Waals surface area contributed by atoms with Gasteiger partial charge in [0.05, 0.1) is 20.8 Å². The lowest BCUT2D eigenvalue weighted by Crippen LogP contribution is -2.06. The summed E-state index contributed by atoms with van der Waals surface area (Å²) in [6.07, 6.45) is 0.222. The van der Waals surface area contributed by atoms with Crippen LogP contribution in [0.5, 0.6) is 17.2 Å². The topological polar surface area (TPSA) is 40.2 Å². The van der Waals surface area contributed by atoms with E-state index in [1.54, 1.807) is 14.2 Å². The summed E-state index contributed by atoms with van der Waals surface area (Å²) in [6.45, 7) is 1.31. The number of epoxide rings is 1. The van der Waals surface area contributed by atoms with Gasteiger partial charge in [0.1, 0.15) is 12.7 Å². The lowest BCUT2D eigenvalue weighted by atomic mass is 10.3. The summed E-state index contributed by atoms with van der Waals surface area (Å²) in [5.41, 5.74) is 0. The molecule has 2 rings (SSSR count). The molecule has 15 heavy (non-hydrogen) atoms. The largest absolute Gasteiger partial charge is 0.493 e. The molecule has 4 nitrogen and oxygen atoms in total. The molecule has 0 aliphatic carbocycles. The van der Waals surface area contributed by atoms with E-state index in [9.17, 15) is 0 Å². The second kappa shape index (κ2) is 4.40. The Balaban J connectivity index is 2.15. The summed E-state index contributed by atoms with van der Waals surface area (Å²) < 4.78 is 21.1. The number of ether oxygens (including phenoxy) is 4. The third kappa shape index (κ3) is 2.33. The Morgan fingerprint density at radius 2 is 1.87 bits per heavy atom. The van der Waals surface area contributed by atoms with Crippen molar-refractivity contribution in [3.05, 3.63) is 18.2 Å². The van der Waals surface area contributed by atoms with Gasteiger partial charge in [0.2, 0.25) is 5.75 Å². The average molecular weight is 210 g/mol. The number of hydrogen-bond donors (Lipinski definition) is 0. The summed E-state index contributed by atoms with van der Waals surface area (Å²) in [7, 11) is 3.21. The van der Waals surface area contributed by atoms with Crippen molar-refractivity contribution in [2.45, 2.75) is 6.10 Å². The standard InChI is InChI=1S/C11H14O4/c1-12-9-4-3-5-10(13-2)11(9)15-7-8-6-14-8/h3-5,8H,6-7H2,1-2H3/t8-/m0/s1. The Morgan fingerprint density at radius 1 is 1.27 bits per heavy atom. The van der Waals surface area contributed by atoms with Crippen LogP contribution in [0.1, 0.15) is 0 Å². The minimum absolute atomic E-state index is 0.222. The lowest BCUT2D eigenvalue weighted by Gasteiger charge is -2.13. The maximum Gasteiger partial charge on any atom is 0.203 e. The maximum atomic E-state index is 5.60. The first-order valence-electron chi connectivity index (χ1n) is 4.80. The number of methoxy groups -OCH3 is 2. The number of rotatable bonds is 5. The zero-order chi connectivity index (χ0) is 10.7. The van der Waals surface area contributed by atoms with Gasteiger partial charge in [0.25, 0.3) is 0 Å². The summed E-state index contributed by atoms with van der Waals surface area (Å²) in [5.74, 6) is 1.99. The maximum absolute atomic E-state index is 5.60. The lowest BCUT2D eigenvalue weighted by molar-refractivity contribution is 0.241. The molecule has 1 saturated heterocycles. The van der Waals surface area contributed by atoms with E-state index in [0.29, 0.717) is 23.9 Å². The molecule has 4 heteroatoms. The van der Waals surface area contributed by atoms with Gasteiger partial charge in [0, 0.05) is 0 Å². The van der Waals surface area contributed by atoms with Gasteiger partial charge in [0.15, 0.2) is 11.5 Å². The minimum Gasteiger partial charge on any atom is -0.493 e. The van der Waals surface area contributed by atoms with E-state index < -0.39 is 0 Å². The van der Waals surface area contributed by atoms with Crippen LogP contribution in [0.3, 0.4) is 0 Å². The molecule has 1 aliphatic rings. The van der Waals surface area contributed by atoms with Crippen LogP contribution in [0, 0.1) is 0 Å². The van der Waals surface area contributed by atoms with Crippen LogP contribution in [-0.2, 0) is 4.74 Å². The Kier molecular flexibility index (Phi) is 2.97. The zero-order valence-electron chi connectivity index (χ0n) is 8.86. The Morgan fingerprint density at radius 3 is 2.33 bits per heavy atom. The fourth-order valence-corrected chi connectivity index (χ4v) is 1.30. The molecule has 1 atom stereocenters. The van der Waals surface area contributed by atoms with Gasteiger partial charge in [-0.25, -0.2) is 0 Å². The van der Waals surface area contributed by atoms with Crippen LogP contribution < -0.4 is 14.2 Å². The highest BCUT2D eigenvalue weighted by Crippen LogP contribution is 2.37. The number of hydrogen-bond acceptors (Lipinski definition) is 4. The molecule has 0 unspecified atom stereocenters. The number of para-hydroxylation sites is 1. The van der Waals surface area contributed by atoms with Gasteiger partial charge in [-0.3, -0.25) is 0 Å². The molecule has 1 heterocycles. The molecule has 0 aromatic heterocycles. The molecule has 1 aliphatic heterocycles. The highest BCUT2D eigenvalue weighted by Gasteiger charge is 2.24. The van der Waals surface area contributed by atoms with Gasteiger partial charge < -0.3 is 18.9 Å². The highest BCUT2D eigenvalue weighted by molar-refractivity contribution is 5.51. The summed E-state index contributed by atoms with van der Waals surface area (Å²) >= 11 is 0. The molecule has 1 fully saturated rings. The van der Waals surface area contributed by atoms with Gasteiger partial charge in [-0.2, -0.15) is 0 Å². The average Bonchev–Trinajstić information content (AvgIpc) is 3.09. The highest BCUT2D eigenvalue weighted by atomic mass is 16.6. The van der Waals surface area contributed by atoms with Gasteiger partial charge in [-0.05, 0) is 12.1 Å². The molecule has 0 amide bonds. The van der Waals surface area contributed by atoms with E-state index >= 15 is 0 Å². The van der Waals surface area contributed by atoms with Crippen LogP contribution in [0.2, 0.25) is 0 Å². The van der Waals surface area contributed by atoms with Crippen molar-refractivity contribution in [2.75, 3.05) is 27.4 Å². The molecular weight excluding hydrogens is 196 g/mol. The Hall–Kier alpha value is -1.42. The molecule has 0 saturated carbocycles. The van der Waals surface area contributed by atoms with Crippen LogP contribution in [0.4, 0.5) is 0 Å². The van der Waals surface area contributed by atoms with Crippen molar-refractivity contribution in [3.8, 4) is 17.2 Å². The molecule has 82 valence electrons. The molecule has 0 N–H and O–H groups in total. The van der Waals surface area contributed by atoms with Crippen molar-refractivity contribution >= 4 is 0 Å². The van der Waals surface area contributed by atoms with Crippen LogP contribution in [0.15, 0.2) is 18.2 Å². The molecular formula is C11H14O4. The fraction of sp³-hybridized carbons (Fsp3) is 0.455. The van der Waals surface area contributed by atoms with Crippen LogP contribution in [0.25, 0.3) is 0 Å². The van der Waals surface area contributed by atoms with Crippen LogP contribution >= 0.6 is 0 Å². The third-order valence-corrected chi connectivity index (χ3v) is 2.20. The van der Waals surface area contributed by atoms with Crippen LogP contribution in [-0.4, -0.2) is 33.5 Å².